The van der Waals surface area contributed by atoms with Crippen molar-refractivity contribution in [1.29, 1.82) is 0 Å². The smallest absolute Gasteiger partial charge is 0.254 e. The summed E-state index contributed by atoms with van der Waals surface area (Å²) in [6, 6.07) is 7.65. The fraction of sp³-hybridized carbons (Fsp3) is 0.500. The highest BCUT2D eigenvalue weighted by Crippen LogP contribution is 2.23. The SMILES string of the molecule is CC(C)CCC[C@@H]1CN(C(=O)c2ccccc2-c2ncc[nH]2)CCO1. The highest BCUT2D eigenvalue weighted by Gasteiger charge is 2.26. The van der Waals surface area contributed by atoms with Crippen molar-refractivity contribution in [3.8, 4) is 11.4 Å². The Kier molecular flexibility index (Phi) is 5.87. The van der Waals surface area contributed by atoms with Crippen LogP contribution in [0.15, 0.2) is 36.7 Å². The summed E-state index contributed by atoms with van der Waals surface area (Å²) in [6.45, 7) is 6.41. The van der Waals surface area contributed by atoms with Gasteiger partial charge in [-0.2, -0.15) is 0 Å². The van der Waals surface area contributed by atoms with Gasteiger partial charge in [-0.1, -0.05) is 44.9 Å². The number of nitrogens with one attached hydrogen (secondary N) is 1. The Hall–Kier alpha value is -2.14. The van der Waals surface area contributed by atoms with Gasteiger partial charge in [0, 0.05) is 31.0 Å². The topological polar surface area (TPSA) is 58.2 Å². The molecular weight excluding hydrogens is 314 g/mol. The molecule has 1 atom stereocenters. The number of imidazole rings is 1. The first kappa shape index (κ1) is 17.7. The van der Waals surface area contributed by atoms with Crippen LogP contribution in [-0.4, -0.2) is 46.6 Å². The lowest BCUT2D eigenvalue weighted by molar-refractivity contribution is -0.0259. The molecule has 1 fully saturated rings. The van der Waals surface area contributed by atoms with Crippen molar-refractivity contribution in [2.45, 2.75) is 39.2 Å². The summed E-state index contributed by atoms with van der Waals surface area (Å²) in [6.07, 6.45) is 6.99. The molecule has 2 aromatic rings. The van der Waals surface area contributed by atoms with Crippen molar-refractivity contribution >= 4 is 5.91 Å². The number of morpholine rings is 1. The molecule has 1 aliphatic heterocycles. The van der Waals surface area contributed by atoms with Crippen molar-refractivity contribution in [3.05, 3.63) is 42.2 Å². The van der Waals surface area contributed by atoms with Crippen LogP contribution in [0.1, 0.15) is 43.5 Å². The van der Waals surface area contributed by atoms with Crippen molar-refractivity contribution in [2.75, 3.05) is 19.7 Å². The van der Waals surface area contributed by atoms with Crippen molar-refractivity contribution in [1.82, 2.24) is 14.9 Å². The van der Waals surface area contributed by atoms with Gasteiger partial charge in [0.15, 0.2) is 0 Å². The molecule has 0 unspecified atom stereocenters. The fourth-order valence-electron chi connectivity index (χ4n) is 3.29. The van der Waals surface area contributed by atoms with Crippen LogP contribution in [0.3, 0.4) is 0 Å². The van der Waals surface area contributed by atoms with E-state index in [1.54, 1.807) is 12.4 Å². The second kappa shape index (κ2) is 8.30. The van der Waals surface area contributed by atoms with Gasteiger partial charge in [0.05, 0.1) is 18.3 Å². The molecule has 2 heterocycles. The summed E-state index contributed by atoms with van der Waals surface area (Å²) >= 11 is 0. The molecule has 1 aliphatic rings. The van der Waals surface area contributed by atoms with Gasteiger partial charge in [0.2, 0.25) is 0 Å². The van der Waals surface area contributed by atoms with Crippen LogP contribution >= 0.6 is 0 Å². The van der Waals surface area contributed by atoms with Crippen molar-refractivity contribution in [3.63, 3.8) is 0 Å². The van der Waals surface area contributed by atoms with E-state index in [1.165, 1.54) is 6.42 Å². The summed E-state index contributed by atoms with van der Waals surface area (Å²) in [5.41, 5.74) is 1.54. The largest absolute Gasteiger partial charge is 0.375 e. The maximum atomic E-state index is 13.1. The number of carbonyl (C=O) groups excluding carboxylic acids is 1. The number of aromatic nitrogens is 2. The van der Waals surface area contributed by atoms with Crippen LogP contribution < -0.4 is 0 Å². The van der Waals surface area contributed by atoms with E-state index >= 15 is 0 Å². The quantitative estimate of drug-likeness (QED) is 0.870. The second-order valence-corrected chi connectivity index (χ2v) is 7.05. The standard InChI is InChI=1S/C20H27N3O2/c1-15(2)6-5-7-16-14-23(12-13-25-16)20(24)18-9-4-3-8-17(18)19-21-10-11-22-19/h3-4,8-11,15-16H,5-7,12-14H2,1-2H3,(H,21,22)/t16-/m1/s1. The van der Waals surface area contributed by atoms with Gasteiger partial charge in [-0.25, -0.2) is 4.98 Å². The molecular formula is C20H27N3O2. The maximum Gasteiger partial charge on any atom is 0.254 e. The lowest BCUT2D eigenvalue weighted by Crippen LogP contribution is -2.45. The number of ether oxygens (including phenoxy) is 1. The number of benzene rings is 1. The van der Waals surface area contributed by atoms with Gasteiger partial charge < -0.3 is 14.6 Å². The molecule has 3 rings (SSSR count). The van der Waals surface area contributed by atoms with Gasteiger partial charge in [-0.05, 0) is 18.4 Å². The Morgan fingerprint density at radius 1 is 1.40 bits per heavy atom. The zero-order valence-corrected chi connectivity index (χ0v) is 15.1. The molecule has 25 heavy (non-hydrogen) atoms. The predicted octanol–water partition coefficient (Wildman–Crippen LogP) is 3.74. The molecule has 0 saturated carbocycles. The number of H-pyrrole nitrogens is 1. The maximum absolute atomic E-state index is 13.1. The van der Waals surface area contributed by atoms with E-state index in [2.05, 4.69) is 23.8 Å². The van der Waals surface area contributed by atoms with E-state index in [4.69, 9.17) is 4.74 Å². The van der Waals surface area contributed by atoms with Crippen molar-refractivity contribution in [2.24, 2.45) is 5.92 Å². The monoisotopic (exact) mass is 341 g/mol. The number of nitrogens with zero attached hydrogens (tertiary/aromatic N) is 2. The highest BCUT2D eigenvalue weighted by molar-refractivity contribution is 6.00. The fourth-order valence-corrected chi connectivity index (χ4v) is 3.29. The van der Waals surface area contributed by atoms with E-state index < -0.39 is 0 Å². The number of hydrogen-bond donors (Lipinski definition) is 1. The van der Waals surface area contributed by atoms with Gasteiger partial charge in [-0.15, -0.1) is 0 Å². The van der Waals surface area contributed by atoms with Crippen LogP contribution in [0.25, 0.3) is 11.4 Å². The first-order chi connectivity index (χ1) is 12.1. The summed E-state index contributed by atoms with van der Waals surface area (Å²) in [5.74, 6) is 1.50. The second-order valence-electron chi connectivity index (χ2n) is 7.05. The number of rotatable bonds is 6. The highest BCUT2D eigenvalue weighted by atomic mass is 16.5. The number of carbonyl (C=O) groups is 1. The van der Waals surface area contributed by atoms with Gasteiger partial charge in [-0.3, -0.25) is 4.79 Å². The van der Waals surface area contributed by atoms with E-state index in [0.717, 1.165) is 24.2 Å². The van der Waals surface area contributed by atoms with E-state index in [9.17, 15) is 4.79 Å². The van der Waals surface area contributed by atoms with E-state index in [1.807, 2.05) is 29.2 Å². The minimum atomic E-state index is 0.0594. The third-order valence-electron chi connectivity index (χ3n) is 4.64. The molecule has 0 bridgehead atoms. The lowest BCUT2D eigenvalue weighted by atomic mass is 10.0. The summed E-state index contributed by atoms with van der Waals surface area (Å²) in [5, 5.41) is 0. The van der Waals surface area contributed by atoms with Gasteiger partial charge in [0.25, 0.3) is 5.91 Å². The zero-order valence-electron chi connectivity index (χ0n) is 15.1. The average Bonchev–Trinajstić information content (AvgIpc) is 3.15. The Bertz CT molecular complexity index is 682. The Morgan fingerprint density at radius 3 is 3.00 bits per heavy atom. The molecule has 1 aromatic carbocycles. The molecule has 1 N–H and O–H groups in total. The van der Waals surface area contributed by atoms with E-state index in [0.29, 0.717) is 31.2 Å². The molecule has 1 saturated heterocycles. The summed E-state index contributed by atoms with van der Waals surface area (Å²) in [4.78, 5) is 22.4. The third kappa shape index (κ3) is 4.48. The number of aromatic amines is 1. The molecule has 0 spiro atoms. The Balaban J connectivity index is 1.69. The first-order valence-electron chi connectivity index (χ1n) is 9.15. The van der Waals surface area contributed by atoms with Crippen LogP contribution in [0.4, 0.5) is 0 Å². The first-order valence-corrected chi connectivity index (χ1v) is 9.15. The molecule has 1 aromatic heterocycles. The number of amides is 1. The predicted molar refractivity (Wildman–Crippen MR) is 98.4 cm³/mol. The molecule has 5 nitrogen and oxygen atoms in total. The van der Waals surface area contributed by atoms with Crippen LogP contribution in [-0.2, 0) is 4.74 Å². The third-order valence-corrected chi connectivity index (χ3v) is 4.64. The molecule has 1 amide bonds. The van der Waals surface area contributed by atoms with Crippen LogP contribution in [0.5, 0.6) is 0 Å². The zero-order chi connectivity index (χ0) is 17.6. The molecule has 0 radical (unpaired) electrons. The number of hydrogen-bond acceptors (Lipinski definition) is 3. The van der Waals surface area contributed by atoms with E-state index in [-0.39, 0.29) is 12.0 Å². The normalized spacial score (nSPS) is 17.9. The minimum Gasteiger partial charge on any atom is -0.375 e. The molecule has 5 heteroatoms. The van der Waals surface area contributed by atoms with Crippen LogP contribution in [0, 0.1) is 5.92 Å². The average molecular weight is 341 g/mol. The molecule has 0 aliphatic carbocycles. The summed E-state index contributed by atoms with van der Waals surface area (Å²) < 4.78 is 5.87. The van der Waals surface area contributed by atoms with Gasteiger partial charge >= 0.3 is 0 Å². The van der Waals surface area contributed by atoms with Gasteiger partial charge in [0.1, 0.15) is 5.82 Å². The molecule has 134 valence electrons. The lowest BCUT2D eigenvalue weighted by Gasteiger charge is -2.33. The Labute approximate surface area is 149 Å². The van der Waals surface area contributed by atoms with Crippen molar-refractivity contribution < 1.29 is 9.53 Å². The van der Waals surface area contributed by atoms with Crippen LogP contribution in [0.2, 0.25) is 0 Å². The Morgan fingerprint density at radius 2 is 2.24 bits per heavy atom. The minimum absolute atomic E-state index is 0.0594. The summed E-state index contributed by atoms with van der Waals surface area (Å²) in [7, 11) is 0.